The van der Waals surface area contributed by atoms with Gasteiger partial charge in [-0.1, -0.05) is 12.8 Å². The van der Waals surface area contributed by atoms with Crippen molar-refractivity contribution in [1.82, 2.24) is 9.80 Å². The second-order valence-electron chi connectivity index (χ2n) is 6.96. The SMILES string of the molecule is Cc1c(C(=O)N2CCN(C3CCCC3)CC2)sc2ccc(F)cc12. The number of nitrogens with zero attached hydrogens (tertiary/aromatic N) is 2. The highest BCUT2D eigenvalue weighted by molar-refractivity contribution is 7.21. The van der Waals surface area contributed by atoms with Gasteiger partial charge in [-0.05, 0) is 48.9 Å². The first-order valence-corrected chi connectivity index (χ1v) is 9.67. The summed E-state index contributed by atoms with van der Waals surface area (Å²) < 4.78 is 14.5. The van der Waals surface area contributed by atoms with Crippen LogP contribution in [0.1, 0.15) is 40.9 Å². The summed E-state index contributed by atoms with van der Waals surface area (Å²) >= 11 is 1.49. The molecule has 1 aromatic carbocycles. The van der Waals surface area contributed by atoms with Crippen LogP contribution in [0.15, 0.2) is 18.2 Å². The van der Waals surface area contributed by atoms with Gasteiger partial charge in [0, 0.05) is 36.9 Å². The number of hydrogen-bond donors (Lipinski definition) is 0. The van der Waals surface area contributed by atoms with Gasteiger partial charge in [-0.2, -0.15) is 0 Å². The third-order valence-electron chi connectivity index (χ3n) is 5.54. The molecule has 0 radical (unpaired) electrons. The van der Waals surface area contributed by atoms with Crippen LogP contribution in [0, 0.1) is 12.7 Å². The molecule has 24 heavy (non-hydrogen) atoms. The molecule has 1 amide bonds. The average molecular weight is 346 g/mol. The first-order valence-electron chi connectivity index (χ1n) is 8.85. The first kappa shape index (κ1) is 16.0. The highest BCUT2D eigenvalue weighted by Gasteiger charge is 2.29. The van der Waals surface area contributed by atoms with Crippen LogP contribution in [0.3, 0.4) is 0 Å². The Morgan fingerprint density at radius 2 is 1.88 bits per heavy atom. The Morgan fingerprint density at radius 1 is 1.17 bits per heavy atom. The highest BCUT2D eigenvalue weighted by atomic mass is 32.1. The van der Waals surface area contributed by atoms with Gasteiger partial charge in [0.1, 0.15) is 5.82 Å². The van der Waals surface area contributed by atoms with Crippen molar-refractivity contribution in [2.45, 2.75) is 38.6 Å². The number of aryl methyl sites for hydroxylation is 1. The summed E-state index contributed by atoms with van der Waals surface area (Å²) in [7, 11) is 0. The minimum Gasteiger partial charge on any atom is -0.335 e. The van der Waals surface area contributed by atoms with Crippen LogP contribution in [0.2, 0.25) is 0 Å². The van der Waals surface area contributed by atoms with Crippen molar-refractivity contribution in [3.8, 4) is 0 Å². The molecule has 4 rings (SSSR count). The van der Waals surface area contributed by atoms with Gasteiger partial charge in [0.15, 0.2) is 0 Å². The largest absolute Gasteiger partial charge is 0.335 e. The van der Waals surface area contributed by atoms with Crippen molar-refractivity contribution >= 4 is 27.3 Å². The van der Waals surface area contributed by atoms with E-state index in [0.717, 1.165) is 52.7 Å². The molecule has 0 unspecified atom stereocenters. The fraction of sp³-hybridized carbons (Fsp3) is 0.526. The maximum atomic E-state index is 13.5. The van der Waals surface area contributed by atoms with Crippen molar-refractivity contribution < 1.29 is 9.18 Å². The Balaban J connectivity index is 1.49. The van der Waals surface area contributed by atoms with Gasteiger partial charge in [0.2, 0.25) is 0 Å². The maximum Gasteiger partial charge on any atom is 0.264 e. The summed E-state index contributed by atoms with van der Waals surface area (Å²) in [4.78, 5) is 18.2. The zero-order valence-electron chi connectivity index (χ0n) is 14.1. The van der Waals surface area contributed by atoms with Gasteiger partial charge in [-0.25, -0.2) is 4.39 Å². The van der Waals surface area contributed by atoms with E-state index >= 15 is 0 Å². The normalized spacial score (nSPS) is 20.2. The lowest BCUT2D eigenvalue weighted by Gasteiger charge is -2.38. The zero-order chi connectivity index (χ0) is 16.7. The van der Waals surface area contributed by atoms with Crippen molar-refractivity contribution in [2.24, 2.45) is 0 Å². The molecule has 128 valence electrons. The molecule has 2 aliphatic rings. The molecule has 0 atom stereocenters. The molecule has 1 saturated heterocycles. The van der Waals surface area contributed by atoms with Crippen molar-refractivity contribution in [3.63, 3.8) is 0 Å². The number of benzene rings is 1. The molecular weight excluding hydrogens is 323 g/mol. The van der Waals surface area contributed by atoms with E-state index < -0.39 is 0 Å². The number of carbonyl (C=O) groups is 1. The van der Waals surface area contributed by atoms with E-state index in [1.807, 2.05) is 11.8 Å². The summed E-state index contributed by atoms with van der Waals surface area (Å²) in [6.45, 7) is 5.50. The fourth-order valence-corrected chi connectivity index (χ4v) is 5.26. The van der Waals surface area contributed by atoms with Crippen molar-refractivity contribution in [2.75, 3.05) is 26.2 Å². The lowest BCUT2D eigenvalue weighted by Crippen LogP contribution is -2.51. The molecule has 1 aromatic heterocycles. The van der Waals surface area contributed by atoms with E-state index in [1.54, 1.807) is 6.07 Å². The van der Waals surface area contributed by atoms with Gasteiger partial charge in [0.25, 0.3) is 5.91 Å². The lowest BCUT2D eigenvalue weighted by molar-refractivity contribution is 0.0577. The fourth-order valence-electron chi connectivity index (χ4n) is 4.10. The number of fused-ring (bicyclic) bond motifs is 1. The number of piperazine rings is 1. The van der Waals surface area contributed by atoms with Crippen LogP contribution in [0.4, 0.5) is 4.39 Å². The Morgan fingerprint density at radius 3 is 2.58 bits per heavy atom. The number of carbonyl (C=O) groups excluding carboxylic acids is 1. The average Bonchev–Trinajstić information content (AvgIpc) is 3.24. The molecule has 1 aliphatic heterocycles. The number of rotatable bonds is 2. The van der Waals surface area contributed by atoms with Crippen LogP contribution >= 0.6 is 11.3 Å². The van der Waals surface area contributed by atoms with E-state index in [9.17, 15) is 9.18 Å². The van der Waals surface area contributed by atoms with Crippen LogP contribution in [-0.2, 0) is 0 Å². The lowest BCUT2D eigenvalue weighted by atomic mass is 10.1. The third-order valence-corrected chi connectivity index (χ3v) is 6.80. The molecule has 3 nitrogen and oxygen atoms in total. The number of thiophene rings is 1. The minimum atomic E-state index is -0.243. The molecular formula is C19H23FN2OS. The Bertz CT molecular complexity index is 758. The quantitative estimate of drug-likeness (QED) is 0.819. The van der Waals surface area contributed by atoms with E-state index in [2.05, 4.69) is 4.90 Å². The topological polar surface area (TPSA) is 23.6 Å². The standard InChI is InChI=1S/C19H23FN2OS/c1-13-16-12-14(20)6-7-17(16)24-18(13)19(23)22-10-8-21(9-11-22)15-4-2-3-5-15/h6-7,12,15H,2-5,8-11H2,1H3. The van der Waals surface area contributed by atoms with Gasteiger partial charge < -0.3 is 4.90 Å². The summed E-state index contributed by atoms with van der Waals surface area (Å²) in [5.41, 5.74) is 0.915. The van der Waals surface area contributed by atoms with Crippen molar-refractivity contribution in [1.29, 1.82) is 0 Å². The molecule has 2 fully saturated rings. The van der Waals surface area contributed by atoms with E-state index in [1.165, 1.54) is 49.2 Å². The molecule has 5 heteroatoms. The molecule has 1 aliphatic carbocycles. The van der Waals surface area contributed by atoms with Crippen LogP contribution in [-0.4, -0.2) is 47.9 Å². The van der Waals surface area contributed by atoms with Crippen LogP contribution in [0.5, 0.6) is 0 Å². The summed E-state index contributed by atoms with van der Waals surface area (Å²) in [5, 5.41) is 0.868. The molecule has 2 heterocycles. The van der Waals surface area contributed by atoms with Crippen molar-refractivity contribution in [3.05, 3.63) is 34.5 Å². The van der Waals surface area contributed by atoms with Gasteiger partial charge in [-0.15, -0.1) is 11.3 Å². The Hall–Kier alpha value is -1.46. The van der Waals surface area contributed by atoms with Gasteiger partial charge >= 0.3 is 0 Å². The predicted molar refractivity (Wildman–Crippen MR) is 96.3 cm³/mol. The van der Waals surface area contributed by atoms with E-state index in [4.69, 9.17) is 0 Å². The summed E-state index contributed by atoms with van der Waals surface area (Å²) in [5.74, 6) is -0.132. The Labute approximate surface area is 146 Å². The monoisotopic (exact) mass is 346 g/mol. The maximum absolute atomic E-state index is 13.5. The number of amides is 1. The highest BCUT2D eigenvalue weighted by Crippen LogP contribution is 2.32. The minimum absolute atomic E-state index is 0.111. The van der Waals surface area contributed by atoms with Crippen LogP contribution in [0.25, 0.3) is 10.1 Å². The molecule has 0 N–H and O–H groups in total. The van der Waals surface area contributed by atoms with Gasteiger partial charge in [0.05, 0.1) is 4.88 Å². The summed E-state index contributed by atoms with van der Waals surface area (Å²) in [6.07, 6.45) is 5.33. The van der Waals surface area contributed by atoms with E-state index in [-0.39, 0.29) is 11.7 Å². The Kier molecular flexibility index (Phi) is 4.31. The van der Waals surface area contributed by atoms with Crippen LogP contribution < -0.4 is 0 Å². The zero-order valence-corrected chi connectivity index (χ0v) is 14.9. The number of hydrogen-bond acceptors (Lipinski definition) is 3. The number of halogens is 1. The van der Waals surface area contributed by atoms with E-state index in [0.29, 0.717) is 0 Å². The predicted octanol–water partition coefficient (Wildman–Crippen LogP) is 4.05. The smallest absolute Gasteiger partial charge is 0.264 e. The van der Waals surface area contributed by atoms with Gasteiger partial charge in [-0.3, -0.25) is 9.69 Å². The third kappa shape index (κ3) is 2.84. The molecule has 0 bridgehead atoms. The second kappa shape index (κ2) is 6.45. The molecule has 2 aromatic rings. The molecule has 1 saturated carbocycles. The second-order valence-corrected chi connectivity index (χ2v) is 8.02. The molecule has 0 spiro atoms. The first-order chi connectivity index (χ1) is 11.6. The summed E-state index contributed by atoms with van der Waals surface area (Å²) in [6, 6.07) is 5.51.